The van der Waals surface area contributed by atoms with Crippen LogP contribution >= 0.6 is 11.3 Å². The molecular weight excluding hydrogens is 320 g/mol. The molecule has 1 heterocycles. The predicted octanol–water partition coefficient (Wildman–Crippen LogP) is 4.85. The molecule has 1 aromatic heterocycles. The number of thiazole rings is 1. The van der Waals surface area contributed by atoms with Gasteiger partial charge in [-0.3, -0.25) is 4.79 Å². The van der Waals surface area contributed by atoms with E-state index in [1.807, 2.05) is 68.4 Å². The van der Waals surface area contributed by atoms with Crippen LogP contribution in [0.25, 0.3) is 10.6 Å². The molecular formula is C19H18N2O2S. The molecule has 5 heteroatoms. The maximum Gasteiger partial charge on any atom is 0.275 e. The molecule has 0 aliphatic heterocycles. The molecule has 1 amide bonds. The standard InChI is InChI=1S/C19H18N2O2S/c1-13(2)23-16-10-6-7-14(11-16)19-21-17(12-24-19)18(22)20-15-8-4-3-5-9-15/h3-13H,1-2H3,(H,20,22). The summed E-state index contributed by atoms with van der Waals surface area (Å²) in [5.41, 5.74) is 2.11. The molecule has 0 radical (unpaired) electrons. The lowest BCUT2D eigenvalue weighted by atomic mass is 10.2. The highest BCUT2D eigenvalue weighted by atomic mass is 32.1. The summed E-state index contributed by atoms with van der Waals surface area (Å²) in [5.74, 6) is 0.589. The third-order valence-corrected chi connectivity index (χ3v) is 4.11. The van der Waals surface area contributed by atoms with Crippen LogP contribution in [0.1, 0.15) is 24.3 Å². The van der Waals surface area contributed by atoms with E-state index in [2.05, 4.69) is 10.3 Å². The summed E-state index contributed by atoms with van der Waals surface area (Å²) in [6, 6.07) is 17.1. The third kappa shape index (κ3) is 4.00. The van der Waals surface area contributed by atoms with Crippen molar-refractivity contribution in [3.05, 3.63) is 65.7 Å². The Balaban J connectivity index is 1.77. The van der Waals surface area contributed by atoms with Crippen LogP contribution in [0.5, 0.6) is 5.75 Å². The monoisotopic (exact) mass is 338 g/mol. The molecule has 0 spiro atoms. The third-order valence-electron chi connectivity index (χ3n) is 3.22. The molecule has 24 heavy (non-hydrogen) atoms. The van der Waals surface area contributed by atoms with Crippen molar-refractivity contribution in [2.45, 2.75) is 20.0 Å². The van der Waals surface area contributed by atoms with Crippen LogP contribution in [0.4, 0.5) is 5.69 Å². The van der Waals surface area contributed by atoms with Crippen molar-refractivity contribution < 1.29 is 9.53 Å². The molecule has 0 aliphatic carbocycles. The zero-order valence-electron chi connectivity index (χ0n) is 13.5. The summed E-state index contributed by atoms with van der Waals surface area (Å²) in [6.45, 7) is 3.98. The summed E-state index contributed by atoms with van der Waals surface area (Å²) in [4.78, 5) is 16.7. The first-order chi connectivity index (χ1) is 11.6. The van der Waals surface area contributed by atoms with Crippen molar-refractivity contribution in [2.75, 3.05) is 5.32 Å². The number of rotatable bonds is 5. The number of hydrogen-bond acceptors (Lipinski definition) is 4. The van der Waals surface area contributed by atoms with Gasteiger partial charge in [0.15, 0.2) is 0 Å². The van der Waals surface area contributed by atoms with E-state index in [1.54, 1.807) is 5.38 Å². The van der Waals surface area contributed by atoms with Crippen LogP contribution in [-0.2, 0) is 0 Å². The van der Waals surface area contributed by atoms with Crippen LogP contribution in [0.15, 0.2) is 60.0 Å². The number of nitrogens with one attached hydrogen (secondary N) is 1. The lowest BCUT2D eigenvalue weighted by Gasteiger charge is -2.10. The second-order valence-corrected chi connectivity index (χ2v) is 6.41. The average Bonchev–Trinajstić information content (AvgIpc) is 3.05. The van der Waals surface area contributed by atoms with Crippen molar-refractivity contribution in [3.8, 4) is 16.3 Å². The van der Waals surface area contributed by atoms with Crippen molar-refractivity contribution >= 4 is 22.9 Å². The molecule has 3 aromatic rings. The van der Waals surface area contributed by atoms with Gasteiger partial charge >= 0.3 is 0 Å². The van der Waals surface area contributed by atoms with Crippen LogP contribution in [0.2, 0.25) is 0 Å². The number of ether oxygens (including phenoxy) is 1. The normalized spacial score (nSPS) is 10.6. The van der Waals surface area contributed by atoms with Gasteiger partial charge in [-0.2, -0.15) is 0 Å². The number of carbonyl (C=O) groups excluding carboxylic acids is 1. The first-order valence-corrected chi connectivity index (χ1v) is 8.59. The minimum Gasteiger partial charge on any atom is -0.491 e. The zero-order valence-corrected chi connectivity index (χ0v) is 14.3. The number of anilines is 1. The molecule has 0 fully saturated rings. The van der Waals surface area contributed by atoms with E-state index in [1.165, 1.54) is 11.3 Å². The fourth-order valence-electron chi connectivity index (χ4n) is 2.20. The van der Waals surface area contributed by atoms with Crippen LogP contribution in [-0.4, -0.2) is 17.0 Å². The van der Waals surface area contributed by atoms with Gasteiger partial charge in [0, 0.05) is 16.6 Å². The quantitative estimate of drug-likeness (QED) is 0.723. The fourth-order valence-corrected chi connectivity index (χ4v) is 3.00. The number of hydrogen-bond donors (Lipinski definition) is 1. The fraction of sp³-hybridized carbons (Fsp3) is 0.158. The van der Waals surface area contributed by atoms with Gasteiger partial charge in [-0.15, -0.1) is 11.3 Å². The number of para-hydroxylation sites is 1. The summed E-state index contributed by atoms with van der Waals surface area (Å²) < 4.78 is 5.71. The summed E-state index contributed by atoms with van der Waals surface area (Å²) >= 11 is 1.44. The maximum absolute atomic E-state index is 12.3. The zero-order chi connectivity index (χ0) is 16.9. The van der Waals surface area contributed by atoms with E-state index in [9.17, 15) is 4.79 Å². The van der Waals surface area contributed by atoms with E-state index in [0.717, 1.165) is 22.0 Å². The van der Waals surface area contributed by atoms with Gasteiger partial charge in [-0.1, -0.05) is 30.3 Å². The van der Waals surface area contributed by atoms with Crippen LogP contribution < -0.4 is 10.1 Å². The van der Waals surface area contributed by atoms with Crippen molar-refractivity contribution in [3.63, 3.8) is 0 Å². The van der Waals surface area contributed by atoms with Gasteiger partial charge in [0.25, 0.3) is 5.91 Å². The largest absolute Gasteiger partial charge is 0.491 e. The Bertz CT molecular complexity index is 828. The second kappa shape index (κ2) is 7.27. The van der Waals surface area contributed by atoms with Gasteiger partial charge in [-0.05, 0) is 38.1 Å². The molecule has 3 rings (SSSR count). The highest BCUT2D eigenvalue weighted by Gasteiger charge is 2.12. The maximum atomic E-state index is 12.3. The molecule has 1 N–H and O–H groups in total. The van der Waals surface area contributed by atoms with Crippen molar-refractivity contribution in [2.24, 2.45) is 0 Å². The highest BCUT2D eigenvalue weighted by molar-refractivity contribution is 7.13. The molecule has 0 bridgehead atoms. The molecule has 2 aromatic carbocycles. The van der Waals surface area contributed by atoms with E-state index in [0.29, 0.717) is 5.69 Å². The minimum atomic E-state index is -0.210. The number of amides is 1. The molecule has 122 valence electrons. The Morgan fingerprint density at radius 1 is 1.12 bits per heavy atom. The Kier molecular flexibility index (Phi) is 4.91. The van der Waals surface area contributed by atoms with E-state index in [-0.39, 0.29) is 12.0 Å². The van der Waals surface area contributed by atoms with E-state index >= 15 is 0 Å². The molecule has 4 nitrogen and oxygen atoms in total. The number of carbonyl (C=O) groups is 1. The lowest BCUT2D eigenvalue weighted by Crippen LogP contribution is -2.12. The van der Waals surface area contributed by atoms with Gasteiger partial charge in [-0.25, -0.2) is 4.98 Å². The number of benzene rings is 2. The van der Waals surface area contributed by atoms with E-state index in [4.69, 9.17) is 4.74 Å². The Hall–Kier alpha value is -2.66. The minimum absolute atomic E-state index is 0.115. The van der Waals surface area contributed by atoms with E-state index < -0.39 is 0 Å². The predicted molar refractivity (Wildman–Crippen MR) is 97.7 cm³/mol. The van der Waals surface area contributed by atoms with Gasteiger partial charge in [0.2, 0.25) is 0 Å². The first kappa shape index (κ1) is 16.2. The summed E-state index contributed by atoms with van der Waals surface area (Å²) in [7, 11) is 0. The smallest absolute Gasteiger partial charge is 0.275 e. The topological polar surface area (TPSA) is 51.2 Å². The first-order valence-electron chi connectivity index (χ1n) is 7.71. The van der Waals surface area contributed by atoms with Crippen LogP contribution in [0, 0.1) is 0 Å². The number of aromatic nitrogens is 1. The second-order valence-electron chi connectivity index (χ2n) is 5.55. The lowest BCUT2D eigenvalue weighted by molar-refractivity contribution is 0.102. The van der Waals surface area contributed by atoms with Crippen LogP contribution in [0.3, 0.4) is 0 Å². The summed E-state index contributed by atoms with van der Waals surface area (Å²) in [6.07, 6.45) is 0.115. The van der Waals surface area contributed by atoms with Gasteiger partial charge in [0.05, 0.1) is 6.10 Å². The Morgan fingerprint density at radius 2 is 1.92 bits per heavy atom. The van der Waals surface area contributed by atoms with Gasteiger partial charge in [0.1, 0.15) is 16.5 Å². The Labute approximate surface area is 145 Å². The molecule has 0 unspecified atom stereocenters. The molecule has 0 aliphatic rings. The SMILES string of the molecule is CC(C)Oc1cccc(-c2nc(C(=O)Nc3ccccc3)cs2)c1. The average molecular weight is 338 g/mol. The summed E-state index contributed by atoms with van der Waals surface area (Å²) in [5, 5.41) is 5.40. The number of nitrogens with zero attached hydrogens (tertiary/aromatic N) is 1. The molecule has 0 atom stereocenters. The van der Waals surface area contributed by atoms with Crippen molar-refractivity contribution in [1.82, 2.24) is 4.98 Å². The Morgan fingerprint density at radius 3 is 2.67 bits per heavy atom. The van der Waals surface area contributed by atoms with Crippen molar-refractivity contribution in [1.29, 1.82) is 0 Å². The van der Waals surface area contributed by atoms with Gasteiger partial charge < -0.3 is 10.1 Å². The highest BCUT2D eigenvalue weighted by Crippen LogP contribution is 2.27. The molecule has 0 saturated carbocycles. The molecule has 0 saturated heterocycles.